The maximum absolute atomic E-state index is 13.5. The van der Waals surface area contributed by atoms with Crippen molar-refractivity contribution in [1.82, 2.24) is 9.97 Å². The monoisotopic (exact) mass is 309 g/mol. The lowest BCUT2D eigenvalue weighted by Gasteiger charge is -2.07. The van der Waals surface area contributed by atoms with Gasteiger partial charge in [0.15, 0.2) is 23.3 Å². The fourth-order valence-electron chi connectivity index (χ4n) is 1.95. The van der Waals surface area contributed by atoms with E-state index in [4.69, 9.17) is 0 Å². The smallest absolute Gasteiger partial charge is 0.258 e. The number of aromatic amines is 1. The van der Waals surface area contributed by atoms with Crippen molar-refractivity contribution >= 4 is 22.6 Å². The van der Waals surface area contributed by atoms with Crippen molar-refractivity contribution in [2.45, 2.75) is 0 Å². The Morgan fingerprint density at radius 1 is 1.05 bits per heavy atom. The molecule has 0 bridgehead atoms. The summed E-state index contributed by atoms with van der Waals surface area (Å²) >= 11 is 0. The molecular formula is C14H7F4N3O. The number of nitrogens with zero attached hydrogens (tertiary/aromatic N) is 1. The van der Waals surface area contributed by atoms with E-state index in [1.807, 2.05) is 0 Å². The average molecular weight is 309 g/mol. The minimum atomic E-state index is -2.03. The molecule has 0 saturated heterocycles. The van der Waals surface area contributed by atoms with E-state index in [2.05, 4.69) is 15.3 Å². The highest BCUT2D eigenvalue weighted by molar-refractivity contribution is 6.05. The Hall–Kier alpha value is -2.90. The zero-order valence-electron chi connectivity index (χ0n) is 10.8. The summed E-state index contributed by atoms with van der Waals surface area (Å²) in [5.74, 6) is -8.50. The van der Waals surface area contributed by atoms with Crippen molar-refractivity contribution in [2.24, 2.45) is 0 Å². The van der Waals surface area contributed by atoms with Gasteiger partial charge < -0.3 is 10.3 Å². The average Bonchev–Trinajstić information content (AvgIpc) is 2.96. The minimum absolute atomic E-state index is 0.256. The summed E-state index contributed by atoms with van der Waals surface area (Å²) in [6, 6.07) is 4.88. The molecule has 1 amide bonds. The highest BCUT2D eigenvalue weighted by atomic mass is 19.2. The predicted molar refractivity (Wildman–Crippen MR) is 70.3 cm³/mol. The van der Waals surface area contributed by atoms with Gasteiger partial charge in [-0.05, 0) is 24.3 Å². The van der Waals surface area contributed by atoms with Crippen LogP contribution in [0.3, 0.4) is 0 Å². The SMILES string of the molecule is O=C(Nc1ccc2nc[nH]c2c1)c1cc(F)c(F)c(F)c1F. The van der Waals surface area contributed by atoms with Crippen molar-refractivity contribution in [2.75, 3.05) is 5.32 Å². The number of benzene rings is 2. The van der Waals surface area contributed by atoms with E-state index in [0.29, 0.717) is 17.1 Å². The molecule has 0 aliphatic rings. The molecule has 1 heterocycles. The van der Waals surface area contributed by atoms with Gasteiger partial charge >= 0.3 is 0 Å². The number of hydrogen-bond acceptors (Lipinski definition) is 2. The third-order valence-electron chi connectivity index (χ3n) is 3.03. The third-order valence-corrected chi connectivity index (χ3v) is 3.03. The quantitative estimate of drug-likeness (QED) is 0.433. The largest absolute Gasteiger partial charge is 0.345 e. The number of fused-ring (bicyclic) bond motifs is 1. The number of carbonyl (C=O) groups excluding carboxylic acids is 1. The van der Waals surface area contributed by atoms with Crippen LogP contribution in [-0.2, 0) is 0 Å². The second kappa shape index (κ2) is 5.14. The van der Waals surface area contributed by atoms with Crippen LogP contribution >= 0.6 is 0 Å². The van der Waals surface area contributed by atoms with Gasteiger partial charge in [0.25, 0.3) is 5.91 Å². The standard InChI is InChI=1S/C14H7F4N3O/c15-8-4-7(11(16)13(18)12(8)17)14(22)21-6-1-2-9-10(3-6)20-5-19-9/h1-5H,(H,19,20)(H,21,22). The molecule has 2 aromatic carbocycles. The van der Waals surface area contributed by atoms with Crippen LogP contribution in [0.4, 0.5) is 23.2 Å². The molecule has 0 fully saturated rings. The van der Waals surface area contributed by atoms with Crippen molar-refractivity contribution in [3.05, 3.63) is 59.4 Å². The van der Waals surface area contributed by atoms with E-state index >= 15 is 0 Å². The van der Waals surface area contributed by atoms with E-state index in [-0.39, 0.29) is 5.69 Å². The van der Waals surface area contributed by atoms with Gasteiger partial charge in [0.2, 0.25) is 0 Å². The summed E-state index contributed by atoms with van der Waals surface area (Å²) in [5.41, 5.74) is 0.574. The molecule has 22 heavy (non-hydrogen) atoms. The Labute approximate surface area is 120 Å². The molecule has 0 atom stereocenters. The lowest BCUT2D eigenvalue weighted by atomic mass is 10.1. The number of nitrogens with one attached hydrogen (secondary N) is 2. The van der Waals surface area contributed by atoms with Gasteiger partial charge in [-0.25, -0.2) is 22.5 Å². The van der Waals surface area contributed by atoms with E-state index in [9.17, 15) is 22.4 Å². The van der Waals surface area contributed by atoms with Gasteiger partial charge in [-0.2, -0.15) is 0 Å². The molecule has 3 rings (SSSR count). The van der Waals surface area contributed by atoms with Crippen LogP contribution in [0.2, 0.25) is 0 Å². The molecule has 0 radical (unpaired) electrons. The molecule has 1 aromatic heterocycles. The molecule has 0 spiro atoms. The summed E-state index contributed by atoms with van der Waals surface area (Å²) in [7, 11) is 0. The summed E-state index contributed by atoms with van der Waals surface area (Å²) < 4.78 is 52.7. The Morgan fingerprint density at radius 2 is 1.82 bits per heavy atom. The Kier molecular flexibility index (Phi) is 3.28. The second-order valence-corrected chi connectivity index (χ2v) is 4.44. The third kappa shape index (κ3) is 2.28. The van der Waals surface area contributed by atoms with Gasteiger partial charge in [-0.1, -0.05) is 0 Å². The van der Waals surface area contributed by atoms with Gasteiger partial charge in [0.1, 0.15) is 0 Å². The number of aromatic nitrogens is 2. The fourth-order valence-corrected chi connectivity index (χ4v) is 1.95. The van der Waals surface area contributed by atoms with Crippen LogP contribution in [0.15, 0.2) is 30.6 Å². The molecule has 2 N–H and O–H groups in total. The number of anilines is 1. The molecule has 0 unspecified atom stereocenters. The Bertz CT molecular complexity index is 891. The van der Waals surface area contributed by atoms with Gasteiger partial charge in [0, 0.05) is 5.69 Å². The lowest BCUT2D eigenvalue weighted by molar-refractivity contribution is 0.102. The van der Waals surface area contributed by atoms with Crippen LogP contribution < -0.4 is 5.32 Å². The summed E-state index contributed by atoms with van der Waals surface area (Å²) in [6.45, 7) is 0. The Morgan fingerprint density at radius 3 is 2.59 bits per heavy atom. The first-order valence-electron chi connectivity index (χ1n) is 6.05. The molecule has 8 heteroatoms. The van der Waals surface area contributed by atoms with Crippen molar-refractivity contribution < 1.29 is 22.4 Å². The molecule has 0 aliphatic carbocycles. The van der Waals surface area contributed by atoms with Gasteiger partial charge in [0.05, 0.1) is 22.9 Å². The van der Waals surface area contributed by atoms with E-state index in [1.165, 1.54) is 18.5 Å². The molecule has 112 valence electrons. The van der Waals surface area contributed by atoms with Crippen LogP contribution in [0.5, 0.6) is 0 Å². The van der Waals surface area contributed by atoms with Crippen molar-refractivity contribution in [1.29, 1.82) is 0 Å². The zero-order valence-corrected chi connectivity index (χ0v) is 10.8. The predicted octanol–water partition coefficient (Wildman–Crippen LogP) is 3.37. The highest BCUT2D eigenvalue weighted by Crippen LogP contribution is 2.21. The van der Waals surface area contributed by atoms with Crippen molar-refractivity contribution in [3.63, 3.8) is 0 Å². The summed E-state index contributed by atoms with van der Waals surface area (Å²) in [6.07, 6.45) is 1.45. The first kappa shape index (κ1) is 14.1. The Balaban J connectivity index is 1.94. The van der Waals surface area contributed by atoms with E-state index < -0.39 is 34.7 Å². The number of H-pyrrole nitrogens is 1. The van der Waals surface area contributed by atoms with Crippen LogP contribution in [-0.4, -0.2) is 15.9 Å². The number of imidazole rings is 1. The molecule has 3 aromatic rings. The zero-order chi connectivity index (χ0) is 15.9. The van der Waals surface area contributed by atoms with Crippen LogP contribution in [0.1, 0.15) is 10.4 Å². The van der Waals surface area contributed by atoms with Crippen LogP contribution in [0.25, 0.3) is 11.0 Å². The topological polar surface area (TPSA) is 57.8 Å². The molecule has 0 aliphatic heterocycles. The maximum atomic E-state index is 13.5. The van der Waals surface area contributed by atoms with E-state index in [0.717, 1.165) is 0 Å². The highest BCUT2D eigenvalue weighted by Gasteiger charge is 2.23. The molecular weight excluding hydrogens is 302 g/mol. The number of amides is 1. The van der Waals surface area contributed by atoms with Gasteiger partial charge in [-0.15, -0.1) is 0 Å². The number of rotatable bonds is 2. The minimum Gasteiger partial charge on any atom is -0.345 e. The van der Waals surface area contributed by atoms with Gasteiger partial charge in [-0.3, -0.25) is 4.79 Å². The van der Waals surface area contributed by atoms with Crippen molar-refractivity contribution in [3.8, 4) is 0 Å². The first-order chi connectivity index (χ1) is 10.5. The number of halogens is 4. The number of hydrogen-bond donors (Lipinski definition) is 2. The maximum Gasteiger partial charge on any atom is 0.258 e. The summed E-state index contributed by atoms with van der Waals surface area (Å²) in [5, 5.41) is 2.27. The summed E-state index contributed by atoms with van der Waals surface area (Å²) in [4.78, 5) is 18.7. The lowest BCUT2D eigenvalue weighted by Crippen LogP contribution is -2.16. The molecule has 4 nitrogen and oxygen atoms in total. The normalized spacial score (nSPS) is 10.9. The fraction of sp³-hybridized carbons (Fsp3) is 0. The molecule has 0 saturated carbocycles. The van der Waals surface area contributed by atoms with E-state index in [1.54, 1.807) is 6.07 Å². The second-order valence-electron chi connectivity index (χ2n) is 4.44. The first-order valence-corrected chi connectivity index (χ1v) is 6.05. The number of carbonyl (C=O) groups is 1. The van der Waals surface area contributed by atoms with Crippen LogP contribution in [0, 0.1) is 23.3 Å².